The standard InChI is InChI=1S/C28H27N2/c1-17-11-26-20-6-7-21(14-20)27(26)15-25(17)28-24-9-8-19(22-5-4-10-29-16-22)13-23(24)12-18(2)30(28)3/h4-5,8-13,15-16,20-21H,6-7,14H2,1-3H3/q+1/i12D. The monoisotopic (exact) mass is 392 g/mol. The number of hydrogen-bond acceptors (Lipinski definition) is 1. The van der Waals surface area contributed by atoms with Crippen LogP contribution in [0.3, 0.4) is 0 Å². The summed E-state index contributed by atoms with van der Waals surface area (Å²) < 4.78 is 11.1. The van der Waals surface area contributed by atoms with Gasteiger partial charge >= 0.3 is 0 Å². The zero-order chi connectivity index (χ0) is 21.3. The summed E-state index contributed by atoms with van der Waals surface area (Å²) in [6, 6.07) is 16.1. The van der Waals surface area contributed by atoms with E-state index in [2.05, 4.69) is 66.8 Å². The van der Waals surface area contributed by atoms with Crippen molar-refractivity contribution in [1.82, 2.24) is 4.98 Å². The highest BCUT2D eigenvalue weighted by atomic mass is 14.9. The first-order valence-electron chi connectivity index (χ1n) is 11.5. The summed E-state index contributed by atoms with van der Waals surface area (Å²) in [6.45, 7) is 4.31. The summed E-state index contributed by atoms with van der Waals surface area (Å²) in [5.74, 6) is 1.52. The third kappa shape index (κ3) is 2.56. The van der Waals surface area contributed by atoms with Crippen molar-refractivity contribution in [3.05, 3.63) is 83.3 Å². The Labute approximate surface area is 179 Å². The highest BCUT2D eigenvalue weighted by Crippen LogP contribution is 2.54. The molecule has 2 heterocycles. The van der Waals surface area contributed by atoms with Crippen LogP contribution >= 0.6 is 0 Å². The maximum absolute atomic E-state index is 8.85. The lowest BCUT2D eigenvalue weighted by atomic mass is 9.86. The van der Waals surface area contributed by atoms with Gasteiger partial charge in [0.1, 0.15) is 7.05 Å². The van der Waals surface area contributed by atoms with Crippen molar-refractivity contribution < 1.29 is 5.94 Å². The lowest BCUT2D eigenvalue weighted by Crippen LogP contribution is -2.35. The average Bonchev–Trinajstić information content (AvgIpc) is 3.41. The Morgan fingerprint density at radius 1 is 1.00 bits per heavy atom. The first-order chi connectivity index (χ1) is 15.0. The van der Waals surface area contributed by atoms with Crippen LogP contribution in [0.25, 0.3) is 33.2 Å². The molecule has 2 aliphatic rings. The van der Waals surface area contributed by atoms with Gasteiger partial charge in [-0.05, 0) is 89.9 Å². The number of nitrogens with zero attached hydrogens (tertiary/aromatic N) is 2. The topological polar surface area (TPSA) is 16.8 Å². The van der Waals surface area contributed by atoms with Gasteiger partial charge in [0.05, 0.1) is 12.3 Å². The van der Waals surface area contributed by atoms with Crippen LogP contribution in [0, 0.1) is 13.8 Å². The summed E-state index contributed by atoms with van der Waals surface area (Å²) in [7, 11) is 2.11. The van der Waals surface area contributed by atoms with Crippen LogP contribution in [-0.4, -0.2) is 4.98 Å². The highest BCUT2D eigenvalue weighted by molar-refractivity contribution is 5.96. The van der Waals surface area contributed by atoms with Gasteiger partial charge in [-0.1, -0.05) is 18.2 Å². The Morgan fingerprint density at radius 2 is 1.80 bits per heavy atom. The average molecular weight is 393 g/mol. The van der Waals surface area contributed by atoms with Gasteiger partial charge in [-0.15, -0.1) is 0 Å². The fourth-order valence-corrected chi connectivity index (χ4v) is 5.78. The summed E-state index contributed by atoms with van der Waals surface area (Å²) in [5, 5.41) is 2.16. The number of pyridine rings is 2. The summed E-state index contributed by atoms with van der Waals surface area (Å²) in [4.78, 5) is 4.27. The summed E-state index contributed by atoms with van der Waals surface area (Å²) in [5.41, 5.74) is 10.2. The molecule has 1 saturated carbocycles. The van der Waals surface area contributed by atoms with Gasteiger partial charge in [0.25, 0.3) is 0 Å². The lowest BCUT2D eigenvalue weighted by Gasteiger charge is -2.18. The first-order valence-corrected chi connectivity index (χ1v) is 11.0. The molecule has 6 rings (SSSR count). The van der Waals surface area contributed by atoms with E-state index in [0.29, 0.717) is 6.04 Å². The second-order valence-electron chi connectivity index (χ2n) is 9.12. The zero-order valence-electron chi connectivity index (χ0n) is 18.9. The molecule has 2 aromatic carbocycles. The molecule has 30 heavy (non-hydrogen) atoms. The Morgan fingerprint density at radius 3 is 2.57 bits per heavy atom. The van der Waals surface area contributed by atoms with Gasteiger partial charge in [0.15, 0.2) is 5.69 Å². The largest absolute Gasteiger partial charge is 0.264 e. The number of rotatable bonds is 2. The molecule has 148 valence electrons. The van der Waals surface area contributed by atoms with Gasteiger partial charge < -0.3 is 0 Å². The van der Waals surface area contributed by atoms with Crippen LogP contribution in [0.2, 0.25) is 0 Å². The minimum Gasteiger partial charge on any atom is -0.264 e. The molecule has 2 nitrogen and oxygen atoms in total. The van der Waals surface area contributed by atoms with E-state index < -0.39 is 0 Å². The van der Waals surface area contributed by atoms with Crippen LogP contribution in [0.15, 0.2) is 60.9 Å². The van der Waals surface area contributed by atoms with Crippen molar-refractivity contribution in [3.8, 4) is 22.4 Å². The molecule has 0 saturated heterocycles. The van der Waals surface area contributed by atoms with Gasteiger partial charge in [-0.3, -0.25) is 4.98 Å². The maximum Gasteiger partial charge on any atom is 0.220 e. The predicted octanol–water partition coefficient (Wildman–Crippen LogP) is 6.37. The van der Waals surface area contributed by atoms with Gasteiger partial charge in [0.2, 0.25) is 5.69 Å². The van der Waals surface area contributed by atoms with Crippen LogP contribution in [0.1, 0.15) is 54.9 Å². The molecule has 0 spiro atoms. The Kier molecular flexibility index (Phi) is 3.63. The molecule has 0 aliphatic heterocycles. The molecule has 2 heteroatoms. The third-order valence-corrected chi connectivity index (χ3v) is 7.42. The molecule has 0 amide bonds. The van der Waals surface area contributed by atoms with E-state index in [9.17, 15) is 0 Å². The van der Waals surface area contributed by atoms with Crippen molar-refractivity contribution in [2.45, 2.75) is 44.9 Å². The van der Waals surface area contributed by atoms with Gasteiger partial charge in [-0.25, -0.2) is 0 Å². The molecule has 1 fully saturated rings. The Balaban J connectivity index is 1.62. The van der Waals surface area contributed by atoms with Crippen LogP contribution in [-0.2, 0) is 7.05 Å². The number of benzene rings is 2. The van der Waals surface area contributed by atoms with Crippen molar-refractivity contribution in [1.29, 1.82) is 0 Å². The molecule has 0 N–H and O–H groups in total. The van der Waals surface area contributed by atoms with Gasteiger partial charge in [0, 0.05) is 30.9 Å². The van der Waals surface area contributed by atoms with Gasteiger partial charge in [-0.2, -0.15) is 4.57 Å². The SMILES string of the molecule is [2H]c1c(C)[n+](C)c(-c2cc3c(cc2C)C2CCC3C2)c2ccc(-c3cccnc3)cc12. The van der Waals surface area contributed by atoms with Crippen LogP contribution in [0.5, 0.6) is 0 Å². The second-order valence-corrected chi connectivity index (χ2v) is 9.12. The minimum atomic E-state index is 0.602. The van der Waals surface area contributed by atoms with Crippen molar-refractivity contribution in [3.63, 3.8) is 0 Å². The number of hydrogen-bond donors (Lipinski definition) is 0. The Hall–Kier alpha value is -3.00. The molecule has 2 atom stereocenters. The summed E-state index contributed by atoms with van der Waals surface area (Å²) >= 11 is 0. The molecule has 2 unspecified atom stereocenters. The van der Waals surface area contributed by atoms with E-state index in [1.807, 2.05) is 12.3 Å². The Bertz CT molecular complexity index is 1360. The summed E-state index contributed by atoms with van der Waals surface area (Å²) in [6.07, 6.45) is 7.72. The van der Waals surface area contributed by atoms with E-state index in [1.165, 1.54) is 36.1 Å². The molecular formula is C28H27N2+. The fraction of sp³-hybridized carbons (Fsp3) is 0.286. The number of aryl methyl sites for hydroxylation is 1. The molecule has 2 aliphatic carbocycles. The van der Waals surface area contributed by atoms with Crippen molar-refractivity contribution >= 4 is 10.8 Å². The first kappa shape index (κ1) is 16.8. The number of aromatic nitrogens is 2. The van der Waals surface area contributed by atoms with Crippen molar-refractivity contribution in [2.24, 2.45) is 7.05 Å². The van der Waals surface area contributed by atoms with Crippen molar-refractivity contribution in [2.75, 3.05) is 0 Å². The van der Waals surface area contributed by atoms with Crippen LogP contribution in [0.4, 0.5) is 0 Å². The quantitative estimate of drug-likeness (QED) is 0.362. The molecule has 4 aromatic rings. The smallest absolute Gasteiger partial charge is 0.220 e. The molecular weight excluding hydrogens is 364 g/mol. The predicted molar refractivity (Wildman–Crippen MR) is 123 cm³/mol. The molecule has 2 bridgehead atoms. The normalized spacial score (nSPS) is 19.9. The lowest BCUT2D eigenvalue weighted by molar-refractivity contribution is -0.665. The number of fused-ring (bicyclic) bond motifs is 6. The van der Waals surface area contributed by atoms with Crippen LogP contribution < -0.4 is 4.57 Å². The fourth-order valence-electron chi connectivity index (χ4n) is 5.78. The zero-order valence-corrected chi connectivity index (χ0v) is 17.9. The minimum absolute atomic E-state index is 0.602. The molecule has 2 aromatic heterocycles. The van der Waals surface area contributed by atoms with E-state index >= 15 is 0 Å². The molecule has 0 radical (unpaired) electrons. The van der Waals surface area contributed by atoms with E-state index in [-0.39, 0.29) is 0 Å². The van der Waals surface area contributed by atoms with E-state index in [4.69, 9.17) is 1.37 Å². The third-order valence-electron chi connectivity index (χ3n) is 7.42. The highest BCUT2D eigenvalue weighted by Gasteiger charge is 2.37. The second kappa shape index (κ2) is 6.50. The van der Waals surface area contributed by atoms with E-state index in [1.54, 1.807) is 17.3 Å². The van der Waals surface area contributed by atoms with E-state index in [0.717, 1.165) is 39.4 Å². The maximum atomic E-state index is 8.85.